The van der Waals surface area contributed by atoms with Gasteiger partial charge in [-0.05, 0) is 6.42 Å². The lowest BCUT2D eigenvalue weighted by Crippen LogP contribution is -2.12. The van der Waals surface area contributed by atoms with E-state index in [1.54, 1.807) is 24.3 Å². The van der Waals surface area contributed by atoms with E-state index in [0.29, 0.717) is 12.0 Å². The average molecular weight is 313 g/mol. The monoisotopic (exact) mass is 313 g/mol. The van der Waals surface area contributed by atoms with Crippen LogP contribution in [0, 0.1) is 17.2 Å². The smallest absolute Gasteiger partial charge is 0.164 e. The van der Waals surface area contributed by atoms with Crippen molar-refractivity contribution in [2.45, 2.75) is 64.7 Å². The van der Waals surface area contributed by atoms with Crippen molar-refractivity contribution in [1.82, 2.24) is 0 Å². The fourth-order valence-electron chi connectivity index (χ4n) is 2.61. The van der Waals surface area contributed by atoms with Crippen LogP contribution in [0.15, 0.2) is 30.3 Å². The third-order valence-corrected chi connectivity index (χ3v) is 3.99. The molecule has 0 N–H and O–H groups in total. The number of benzene rings is 1. The fourth-order valence-corrected chi connectivity index (χ4v) is 2.61. The van der Waals surface area contributed by atoms with Gasteiger partial charge < -0.3 is 0 Å². The SMILES string of the molecule is CCCCCCCCC(=O)CC(C#N)CC(=O)c1ccccc1. The van der Waals surface area contributed by atoms with Gasteiger partial charge in [0, 0.05) is 24.8 Å². The molecule has 23 heavy (non-hydrogen) atoms. The van der Waals surface area contributed by atoms with Gasteiger partial charge in [-0.1, -0.05) is 69.4 Å². The highest BCUT2D eigenvalue weighted by atomic mass is 16.1. The topological polar surface area (TPSA) is 57.9 Å². The molecule has 0 aromatic heterocycles. The summed E-state index contributed by atoms with van der Waals surface area (Å²) in [6, 6.07) is 11.1. The number of nitrogens with zero attached hydrogens (tertiary/aromatic N) is 1. The summed E-state index contributed by atoms with van der Waals surface area (Å²) < 4.78 is 0. The second-order valence-corrected chi connectivity index (χ2v) is 6.08. The van der Waals surface area contributed by atoms with Crippen molar-refractivity contribution in [2.75, 3.05) is 0 Å². The van der Waals surface area contributed by atoms with E-state index in [1.165, 1.54) is 25.7 Å². The number of carbonyl (C=O) groups is 2. The Bertz CT molecular complexity index is 516. The van der Waals surface area contributed by atoms with Crippen LogP contribution in [0.25, 0.3) is 0 Å². The zero-order chi connectivity index (χ0) is 16.9. The molecule has 3 heteroatoms. The minimum absolute atomic E-state index is 0.0653. The van der Waals surface area contributed by atoms with Crippen LogP contribution in [0.3, 0.4) is 0 Å². The molecule has 1 rings (SSSR count). The lowest BCUT2D eigenvalue weighted by Gasteiger charge is -2.08. The van der Waals surface area contributed by atoms with Crippen molar-refractivity contribution in [3.8, 4) is 6.07 Å². The highest BCUT2D eigenvalue weighted by Crippen LogP contribution is 2.16. The van der Waals surface area contributed by atoms with Gasteiger partial charge in [-0.15, -0.1) is 0 Å². The van der Waals surface area contributed by atoms with Gasteiger partial charge in [0.1, 0.15) is 5.78 Å². The van der Waals surface area contributed by atoms with Crippen LogP contribution in [0.1, 0.15) is 75.1 Å². The van der Waals surface area contributed by atoms with Gasteiger partial charge in [0.15, 0.2) is 5.78 Å². The second kappa shape index (κ2) is 11.6. The van der Waals surface area contributed by atoms with Gasteiger partial charge in [0.2, 0.25) is 0 Å². The molecule has 1 atom stereocenters. The Kier molecular flexibility index (Phi) is 9.63. The molecule has 124 valence electrons. The van der Waals surface area contributed by atoms with Crippen molar-refractivity contribution >= 4 is 11.6 Å². The highest BCUT2D eigenvalue weighted by molar-refractivity contribution is 5.96. The molecule has 3 nitrogen and oxygen atoms in total. The normalized spacial score (nSPS) is 11.7. The minimum Gasteiger partial charge on any atom is -0.300 e. The molecule has 0 heterocycles. The molecular formula is C20H27NO2. The van der Waals surface area contributed by atoms with Gasteiger partial charge in [0.05, 0.1) is 12.0 Å². The van der Waals surface area contributed by atoms with Gasteiger partial charge >= 0.3 is 0 Å². The fraction of sp³-hybridized carbons (Fsp3) is 0.550. The summed E-state index contributed by atoms with van der Waals surface area (Å²) in [4.78, 5) is 24.1. The summed E-state index contributed by atoms with van der Waals surface area (Å²) in [7, 11) is 0. The zero-order valence-corrected chi connectivity index (χ0v) is 14.1. The van der Waals surface area contributed by atoms with Crippen LogP contribution in [-0.4, -0.2) is 11.6 Å². The maximum atomic E-state index is 12.1. The first-order chi connectivity index (χ1) is 11.2. The standard InChI is InChI=1S/C20H27NO2/c1-2-3-4-5-6-10-13-19(22)14-17(16-21)15-20(23)18-11-8-7-9-12-18/h7-9,11-12,17H,2-6,10,13-15H2,1H3. The van der Waals surface area contributed by atoms with Crippen LogP contribution in [-0.2, 0) is 4.79 Å². The Labute approximate surface area is 139 Å². The Morgan fingerprint density at radius 1 is 1.00 bits per heavy atom. The first-order valence-electron chi connectivity index (χ1n) is 8.67. The summed E-state index contributed by atoms with van der Waals surface area (Å²) in [5.41, 5.74) is 0.608. The molecule has 0 fully saturated rings. The van der Waals surface area contributed by atoms with E-state index in [0.717, 1.165) is 12.8 Å². The Balaban J connectivity index is 2.29. The van der Waals surface area contributed by atoms with Crippen LogP contribution in [0.4, 0.5) is 0 Å². The number of hydrogen-bond acceptors (Lipinski definition) is 3. The Hall–Kier alpha value is -1.95. The maximum Gasteiger partial charge on any atom is 0.164 e. The number of rotatable bonds is 12. The number of unbranched alkanes of at least 4 members (excludes halogenated alkanes) is 5. The van der Waals surface area contributed by atoms with Gasteiger partial charge in [-0.2, -0.15) is 5.26 Å². The van der Waals surface area contributed by atoms with E-state index in [4.69, 9.17) is 0 Å². The van der Waals surface area contributed by atoms with Crippen molar-refractivity contribution in [1.29, 1.82) is 5.26 Å². The van der Waals surface area contributed by atoms with E-state index < -0.39 is 5.92 Å². The quantitative estimate of drug-likeness (QED) is 0.398. The van der Waals surface area contributed by atoms with Gasteiger partial charge in [-0.3, -0.25) is 9.59 Å². The molecule has 0 spiro atoms. The number of hydrogen-bond donors (Lipinski definition) is 0. The van der Waals surface area contributed by atoms with Gasteiger partial charge in [-0.25, -0.2) is 0 Å². The maximum absolute atomic E-state index is 12.1. The van der Waals surface area contributed by atoms with Gasteiger partial charge in [0.25, 0.3) is 0 Å². The second-order valence-electron chi connectivity index (χ2n) is 6.08. The van der Waals surface area contributed by atoms with E-state index in [-0.39, 0.29) is 24.4 Å². The zero-order valence-electron chi connectivity index (χ0n) is 14.1. The van der Waals surface area contributed by atoms with Crippen LogP contribution in [0.2, 0.25) is 0 Å². The lowest BCUT2D eigenvalue weighted by molar-refractivity contribution is -0.119. The summed E-state index contributed by atoms with van der Waals surface area (Å²) >= 11 is 0. The lowest BCUT2D eigenvalue weighted by atomic mass is 9.93. The van der Waals surface area contributed by atoms with Crippen LogP contribution in [0.5, 0.6) is 0 Å². The van der Waals surface area contributed by atoms with E-state index >= 15 is 0 Å². The molecule has 0 aliphatic rings. The third kappa shape index (κ3) is 8.30. The third-order valence-electron chi connectivity index (χ3n) is 3.99. The van der Waals surface area contributed by atoms with E-state index in [9.17, 15) is 14.9 Å². The molecule has 0 bridgehead atoms. The molecule has 1 unspecified atom stereocenters. The first kappa shape index (κ1) is 19.1. The summed E-state index contributed by atoms with van der Waals surface area (Å²) in [6.07, 6.45) is 7.71. The summed E-state index contributed by atoms with van der Waals surface area (Å²) in [6.45, 7) is 2.18. The predicted molar refractivity (Wildman–Crippen MR) is 92.1 cm³/mol. The first-order valence-corrected chi connectivity index (χ1v) is 8.67. The molecule has 0 amide bonds. The average Bonchev–Trinajstić information content (AvgIpc) is 2.58. The molecular weight excluding hydrogens is 286 g/mol. The van der Waals surface area contributed by atoms with Crippen molar-refractivity contribution in [2.24, 2.45) is 5.92 Å². The molecule has 0 saturated carbocycles. The highest BCUT2D eigenvalue weighted by Gasteiger charge is 2.18. The van der Waals surface area contributed by atoms with Crippen molar-refractivity contribution in [3.05, 3.63) is 35.9 Å². The van der Waals surface area contributed by atoms with Crippen LogP contribution >= 0.6 is 0 Å². The van der Waals surface area contributed by atoms with Crippen LogP contribution < -0.4 is 0 Å². The van der Waals surface area contributed by atoms with E-state index in [2.05, 4.69) is 13.0 Å². The molecule has 0 aliphatic heterocycles. The number of nitriles is 1. The molecule has 1 aromatic rings. The Morgan fingerprint density at radius 3 is 2.30 bits per heavy atom. The minimum atomic E-state index is -0.504. The summed E-state index contributed by atoms with van der Waals surface area (Å²) in [5.74, 6) is -0.465. The Morgan fingerprint density at radius 2 is 1.65 bits per heavy atom. The van der Waals surface area contributed by atoms with Crippen molar-refractivity contribution in [3.63, 3.8) is 0 Å². The molecule has 1 aromatic carbocycles. The molecule has 0 saturated heterocycles. The number of Topliss-reactive ketones (excluding diaryl/α,β-unsaturated/α-hetero) is 2. The largest absolute Gasteiger partial charge is 0.300 e. The number of ketones is 2. The predicted octanol–water partition coefficient (Wildman–Crippen LogP) is 5.11. The van der Waals surface area contributed by atoms with Crippen molar-refractivity contribution < 1.29 is 9.59 Å². The summed E-state index contributed by atoms with van der Waals surface area (Å²) in [5, 5.41) is 9.18. The molecule has 0 radical (unpaired) electrons. The van der Waals surface area contributed by atoms with E-state index in [1.807, 2.05) is 6.07 Å². The molecule has 0 aliphatic carbocycles. The number of carbonyl (C=O) groups excluding carboxylic acids is 2.